The number of Topliss-reactive ketones (excluding diaryl/α,β-unsaturated/α-hetero) is 1. The molecule has 1 aliphatic carbocycles. The monoisotopic (exact) mass is 452 g/mol. The van der Waals surface area contributed by atoms with Gasteiger partial charge in [0.2, 0.25) is 5.91 Å². The van der Waals surface area contributed by atoms with E-state index in [9.17, 15) is 9.59 Å². The van der Waals surface area contributed by atoms with Crippen molar-refractivity contribution in [2.24, 2.45) is 11.8 Å². The smallest absolute Gasteiger partial charge is 0.227 e. The Morgan fingerprint density at radius 2 is 1.47 bits per heavy atom. The molecule has 174 valence electrons. The molecule has 2 fully saturated rings. The molecule has 2 atom stereocenters. The number of hydrogen-bond donors (Lipinski definition) is 0. The fourth-order valence-electron chi connectivity index (χ4n) is 6.25. The second-order valence-electron chi connectivity index (χ2n) is 9.88. The number of carbonyl (C=O) groups is 2. The highest BCUT2D eigenvalue weighted by molar-refractivity contribution is 5.87. The van der Waals surface area contributed by atoms with Gasteiger partial charge < -0.3 is 9.80 Å². The summed E-state index contributed by atoms with van der Waals surface area (Å²) < 4.78 is 0. The topological polar surface area (TPSA) is 40.6 Å². The van der Waals surface area contributed by atoms with Gasteiger partial charge in [0.15, 0.2) is 0 Å². The van der Waals surface area contributed by atoms with Crippen molar-refractivity contribution in [3.05, 3.63) is 102 Å². The fourth-order valence-corrected chi connectivity index (χ4v) is 6.25. The number of amides is 1. The van der Waals surface area contributed by atoms with Crippen LogP contribution in [0.5, 0.6) is 0 Å². The Morgan fingerprint density at radius 3 is 2.09 bits per heavy atom. The van der Waals surface area contributed by atoms with Gasteiger partial charge in [-0.3, -0.25) is 9.59 Å². The average Bonchev–Trinajstić information content (AvgIpc) is 3.33. The minimum absolute atomic E-state index is 0.0755. The summed E-state index contributed by atoms with van der Waals surface area (Å²) in [7, 11) is 4.00. The maximum Gasteiger partial charge on any atom is 0.227 e. The predicted octanol–water partition coefficient (Wildman–Crippen LogP) is 4.72. The molecule has 1 saturated heterocycles. The molecular formula is C30H32N2O2. The summed E-state index contributed by atoms with van der Waals surface area (Å²) in [4.78, 5) is 30.7. The molecule has 4 heteroatoms. The number of nitrogens with zero attached hydrogens (tertiary/aromatic N) is 2. The molecule has 3 aromatic rings. The quantitative estimate of drug-likeness (QED) is 0.563. The zero-order valence-electron chi connectivity index (χ0n) is 20.0. The van der Waals surface area contributed by atoms with E-state index in [4.69, 9.17) is 0 Å². The van der Waals surface area contributed by atoms with E-state index >= 15 is 0 Å². The van der Waals surface area contributed by atoms with Crippen molar-refractivity contribution in [3.63, 3.8) is 0 Å². The Hall–Kier alpha value is -3.40. The van der Waals surface area contributed by atoms with Crippen LogP contribution in [0.2, 0.25) is 0 Å². The summed E-state index contributed by atoms with van der Waals surface area (Å²) in [6.45, 7) is 1.14. The first-order chi connectivity index (χ1) is 16.5. The van der Waals surface area contributed by atoms with E-state index in [1.807, 2.05) is 60.3 Å². The Morgan fingerprint density at radius 1 is 0.882 bits per heavy atom. The third-order valence-corrected chi connectivity index (χ3v) is 7.88. The molecule has 0 spiro atoms. The molecule has 0 radical (unpaired) electrons. The van der Waals surface area contributed by atoms with Crippen molar-refractivity contribution in [3.8, 4) is 0 Å². The van der Waals surface area contributed by atoms with Crippen molar-refractivity contribution >= 4 is 17.4 Å². The molecule has 1 amide bonds. The first-order valence-electron chi connectivity index (χ1n) is 12.2. The average molecular weight is 453 g/mol. The maximum atomic E-state index is 13.5. The molecule has 0 N–H and O–H groups in total. The number of benzene rings is 3. The second-order valence-corrected chi connectivity index (χ2v) is 9.88. The molecule has 5 rings (SSSR count). The standard InChI is InChI=1S/C30H32N2O2/c1-31(2)27-16-10-9-11-22(27)19-29(34)32-20-25-26(21-32)30(18-17-28(25)33,23-12-5-3-6-13-23)24-14-7-4-8-15-24/h3-16,25-26H,17-21H2,1-2H3/t25-,26+/m0/s1. The van der Waals surface area contributed by atoms with Crippen LogP contribution < -0.4 is 4.90 Å². The Bertz CT molecular complexity index is 1130. The fraction of sp³-hybridized carbons (Fsp3) is 0.333. The summed E-state index contributed by atoms with van der Waals surface area (Å²) >= 11 is 0. The molecule has 0 unspecified atom stereocenters. The molecule has 34 heavy (non-hydrogen) atoms. The number of likely N-dealkylation sites (tertiary alicyclic amines) is 1. The lowest BCUT2D eigenvalue weighted by Gasteiger charge is -2.45. The number of ketones is 1. The highest BCUT2D eigenvalue weighted by atomic mass is 16.2. The Kier molecular flexibility index (Phi) is 5.99. The van der Waals surface area contributed by atoms with Crippen LogP contribution in [0, 0.1) is 11.8 Å². The predicted molar refractivity (Wildman–Crippen MR) is 136 cm³/mol. The lowest BCUT2D eigenvalue weighted by molar-refractivity contribution is -0.129. The summed E-state index contributed by atoms with van der Waals surface area (Å²) in [5.41, 5.74) is 4.31. The van der Waals surface area contributed by atoms with Gasteiger partial charge >= 0.3 is 0 Å². The summed E-state index contributed by atoms with van der Waals surface area (Å²) in [5, 5.41) is 0. The highest BCUT2D eigenvalue weighted by Gasteiger charge is 2.55. The van der Waals surface area contributed by atoms with Crippen LogP contribution >= 0.6 is 0 Å². The van der Waals surface area contributed by atoms with E-state index < -0.39 is 0 Å². The Balaban J connectivity index is 1.50. The third kappa shape index (κ3) is 3.81. The van der Waals surface area contributed by atoms with Crippen LogP contribution in [0.15, 0.2) is 84.9 Å². The molecular weight excluding hydrogens is 420 g/mol. The van der Waals surface area contributed by atoms with Gasteiger partial charge in [0.25, 0.3) is 0 Å². The van der Waals surface area contributed by atoms with Crippen molar-refractivity contribution in [2.45, 2.75) is 24.7 Å². The number of fused-ring (bicyclic) bond motifs is 1. The van der Waals surface area contributed by atoms with Crippen LogP contribution in [-0.4, -0.2) is 43.8 Å². The minimum Gasteiger partial charge on any atom is -0.377 e. The molecule has 1 aliphatic heterocycles. The van der Waals surface area contributed by atoms with E-state index in [0.29, 0.717) is 31.7 Å². The van der Waals surface area contributed by atoms with Crippen LogP contribution in [0.25, 0.3) is 0 Å². The number of rotatable bonds is 5. The molecule has 1 heterocycles. The molecule has 1 saturated carbocycles. The highest BCUT2D eigenvalue weighted by Crippen LogP contribution is 2.52. The van der Waals surface area contributed by atoms with E-state index in [1.165, 1.54) is 11.1 Å². The largest absolute Gasteiger partial charge is 0.377 e. The van der Waals surface area contributed by atoms with Crippen molar-refractivity contribution in [1.29, 1.82) is 0 Å². The number of para-hydroxylation sites is 1. The van der Waals surface area contributed by atoms with Gasteiger partial charge in [-0.1, -0.05) is 78.9 Å². The zero-order chi connectivity index (χ0) is 23.7. The van der Waals surface area contributed by atoms with Crippen LogP contribution in [0.1, 0.15) is 29.5 Å². The van der Waals surface area contributed by atoms with Crippen molar-refractivity contribution in [2.75, 3.05) is 32.1 Å². The SMILES string of the molecule is CN(C)c1ccccc1CC(=O)N1C[C@@H]2C(=O)CCC(c3ccccc3)(c3ccccc3)[C@@H]2C1. The van der Waals surface area contributed by atoms with Gasteiger partial charge in [-0.25, -0.2) is 0 Å². The van der Waals surface area contributed by atoms with Crippen molar-refractivity contribution < 1.29 is 9.59 Å². The van der Waals surface area contributed by atoms with Crippen molar-refractivity contribution in [1.82, 2.24) is 4.90 Å². The van der Waals surface area contributed by atoms with E-state index in [0.717, 1.165) is 17.7 Å². The van der Waals surface area contributed by atoms with Gasteiger partial charge in [0, 0.05) is 56.5 Å². The second kappa shape index (κ2) is 9.09. The molecule has 4 nitrogen and oxygen atoms in total. The summed E-state index contributed by atoms with van der Waals surface area (Å²) in [5.74, 6) is 0.358. The zero-order valence-corrected chi connectivity index (χ0v) is 20.0. The van der Waals surface area contributed by atoms with Gasteiger partial charge in [-0.2, -0.15) is 0 Å². The molecule has 3 aromatic carbocycles. The first kappa shape index (κ1) is 22.4. The lowest BCUT2D eigenvalue weighted by Crippen LogP contribution is -2.47. The number of carbonyl (C=O) groups excluding carboxylic acids is 2. The van der Waals surface area contributed by atoms with Crippen LogP contribution in [0.4, 0.5) is 5.69 Å². The van der Waals surface area contributed by atoms with Crippen LogP contribution in [-0.2, 0) is 21.4 Å². The van der Waals surface area contributed by atoms with E-state index in [1.54, 1.807) is 0 Å². The molecule has 0 aromatic heterocycles. The van der Waals surface area contributed by atoms with Gasteiger partial charge in [0.1, 0.15) is 5.78 Å². The number of hydrogen-bond acceptors (Lipinski definition) is 3. The summed E-state index contributed by atoms with van der Waals surface area (Å²) in [6, 6.07) is 29.3. The maximum absolute atomic E-state index is 13.5. The van der Waals surface area contributed by atoms with Gasteiger partial charge in [0.05, 0.1) is 6.42 Å². The lowest BCUT2D eigenvalue weighted by atomic mass is 9.56. The van der Waals surface area contributed by atoms with E-state index in [2.05, 4.69) is 48.5 Å². The first-order valence-corrected chi connectivity index (χ1v) is 12.2. The van der Waals surface area contributed by atoms with Gasteiger partial charge in [-0.05, 0) is 29.2 Å². The van der Waals surface area contributed by atoms with Gasteiger partial charge in [-0.15, -0.1) is 0 Å². The van der Waals surface area contributed by atoms with E-state index in [-0.39, 0.29) is 23.2 Å². The molecule has 2 aliphatic rings. The number of anilines is 1. The van der Waals surface area contributed by atoms with Crippen LogP contribution in [0.3, 0.4) is 0 Å². The third-order valence-electron chi connectivity index (χ3n) is 7.88. The molecule has 0 bridgehead atoms. The Labute approximate surface area is 202 Å². The minimum atomic E-state index is -0.266. The summed E-state index contributed by atoms with van der Waals surface area (Å²) in [6.07, 6.45) is 1.69. The normalized spacial score (nSPS) is 21.2.